The van der Waals surface area contributed by atoms with E-state index >= 15 is 0 Å². The lowest BCUT2D eigenvalue weighted by atomic mass is 10.1. The lowest BCUT2D eigenvalue weighted by Gasteiger charge is -2.12. The standard InChI is InChI=1S/C9H15NO4/c1-14-9(13)7-2-4-10(6-7)5-3-8(11)12/h7H,2-6H2,1H3,(H,11,12)/p+1/t7-/m1/s1. The van der Waals surface area contributed by atoms with Crippen LogP contribution in [-0.4, -0.2) is 53.5 Å². The first-order chi connectivity index (χ1) is 6.63. The topological polar surface area (TPSA) is 71.2 Å². The minimum Gasteiger partial charge on any atom is -0.469 e. The van der Waals surface area contributed by atoms with Crippen molar-refractivity contribution in [3.8, 4) is 0 Å². The number of aliphatic carboxylic acids is 1. The summed E-state index contributed by atoms with van der Waals surface area (Å²) in [5, 5.41) is 8.59. The molecule has 0 aromatic rings. The van der Waals surface area contributed by atoms with Crippen LogP contribution in [0, 0.1) is 5.92 Å². The van der Waals surface area contributed by atoms with Gasteiger partial charge in [0, 0.05) is 13.1 Å². The second-order valence-electron chi connectivity index (χ2n) is 3.48. The van der Waals surface area contributed by atoms with Crippen molar-refractivity contribution in [1.82, 2.24) is 4.90 Å². The van der Waals surface area contributed by atoms with Gasteiger partial charge in [0.2, 0.25) is 0 Å². The van der Waals surface area contributed by atoms with E-state index in [1.165, 1.54) is 7.11 Å². The molecule has 1 aliphatic rings. The molecule has 1 aliphatic heterocycles. The van der Waals surface area contributed by atoms with Crippen LogP contribution in [0.15, 0.2) is 0 Å². The van der Waals surface area contributed by atoms with Gasteiger partial charge in [0.05, 0.1) is 13.0 Å². The van der Waals surface area contributed by atoms with E-state index in [2.05, 4.69) is 4.74 Å². The molecule has 0 saturated carbocycles. The number of carboxylic acids is 1. The van der Waals surface area contributed by atoms with Crippen molar-refractivity contribution in [2.24, 2.45) is 5.92 Å². The second kappa shape index (κ2) is 4.95. The summed E-state index contributed by atoms with van der Waals surface area (Å²) in [6, 6.07) is 0. The predicted octanol–water partition coefficient (Wildman–Crippen LogP) is -0.0682. The van der Waals surface area contributed by atoms with E-state index in [1.54, 1.807) is 0 Å². The normalized spacial score (nSPS) is 22.2. The van der Waals surface area contributed by atoms with Crippen LogP contribution in [0.4, 0.5) is 0 Å². The lowest BCUT2D eigenvalue weighted by molar-refractivity contribution is -0.144. The van der Waals surface area contributed by atoms with E-state index in [9.17, 15) is 4.79 Å². The van der Waals surface area contributed by atoms with Gasteiger partial charge < -0.3 is 19.5 Å². The zero-order valence-electron chi connectivity index (χ0n) is 8.27. The Bertz CT molecular complexity index is 229. The number of ether oxygens (including phenoxy) is 1. The van der Waals surface area contributed by atoms with Crippen molar-refractivity contribution in [2.75, 3.05) is 26.7 Å². The summed E-state index contributed by atoms with van der Waals surface area (Å²) < 4.78 is 4.64. The molecule has 1 heterocycles. The van der Waals surface area contributed by atoms with Gasteiger partial charge in [-0.05, 0) is 13.0 Å². The third-order valence-corrected chi connectivity index (χ3v) is 2.46. The van der Waals surface area contributed by atoms with Crippen LogP contribution in [0.2, 0.25) is 0 Å². The largest absolute Gasteiger partial charge is 0.481 e. The highest BCUT2D eigenvalue weighted by atomic mass is 16.5. The van der Waals surface area contributed by atoms with Crippen LogP contribution in [0.5, 0.6) is 0 Å². The number of rotatable bonds is 4. The molecule has 2 N–H and O–H groups in total. The molecule has 0 spiro atoms. The maximum atomic E-state index is 11.1. The van der Waals surface area contributed by atoms with Crippen molar-refractivity contribution in [2.45, 2.75) is 12.8 Å². The number of carboxylic acid groups (broad SMARTS) is 1. The maximum Gasteiger partial charge on any atom is 0.481 e. The highest BCUT2D eigenvalue weighted by Crippen LogP contribution is 2.17. The van der Waals surface area contributed by atoms with Gasteiger partial charge >= 0.3 is 11.9 Å². The Hall–Kier alpha value is -1.10. The van der Waals surface area contributed by atoms with Crippen LogP contribution in [0.3, 0.4) is 0 Å². The quantitative estimate of drug-likeness (QED) is 0.511. The van der Waals surface area contributed by atoms with Crippen molar-refractivity contribution in [3.05, 3.63) is 0 Å². The zero-order valence-corrected chi connectivity index (χ0v) is 8.27. The number of esters is 1. The average molecular weight is 202 g/mol. The first kappa shape index (κ1) is 11.0. The summed E-state index contributed by atoms with van der Waals surface area (Å²) in [5.41, 5.74) is 0. The number of hydrogen-bond acceptors (Lipinski definition) is 3. The smallest absolute Gasteiger partial charge is 0.469 e. The van der Waals surface area contributed by atoms with E-state index in [0.29, 0.717) is 13.1 Å². The molecular formula is C9H16NO4+. The van der Waals surface area contributed by atoms with E-state index < -0.39 is 5.97 Å². The SMILES string of the molecule is COC(=O)[C@@H]1CCN(CCC(O)=[OH+])C1. The average Bonchev–Trinajstić information content (AvgIpc) is 2.62. The molecule has 1 atom stereocenters. The Labute approximate surface area is 82.6 Å². The Morgan fingerprint density at radius 3 is 3.00 bits per heavy atom. The molecule has 1 rings (SSSR count). The van der Waals surface area contributed by atoms with Crippen LogP contribution < -0.4 is 0 Å². The second-order valence-corrected chi connectivity index (χ2v) is 3.48. The number of nitrogens with zero attached hydrogens (tertiary/aromatic N) is 1. The number of methoxy groups -OCH3 is 1. The van der Waals surface area contributed by atoms with E-state index in [-0.39, 0.29) is 18.3 Å². The number of carbonyl (C=O) groups is 1. The molecule has 0 unspecified atom stereocenters. The fourth-order valence-corrected chi connectivity index (χ4v) is 1.65. The molecule has 5 nitrogen and oxygen atoms in total. The van der Waals surface area contributed by atoms with Gasteiger partial charge in [0.15, 0.2) is 0 Å². The summed E-state index contributed by atoms with van der Waals surface area (Å²) in [6.45, 7) is 2.04. The summed E-state index contributed by atoms with van der Waals surface area (Å²) in [5.74, 6) is -0.781. The van der Waals surface area contributed by atoms with Gasteiger partial charge in [-0.3, -0.25) is 4.79 Å². The molecule has 0 aromatic carbocycles. The van der Waals surface area contributed by atoms with Gasteiger partial charge in [-0.1, -0.05) is 0 Å². The maximum absolute atomic E-state index is 11.1. The van der Waals surface area contributed by atoms with Crippen molar-refractivity contribution in [1.29, 1.82) is 0 Å². The lowest BCUT2D eigenvalue weighted by Crippen LogP contribution is -2.26. The number of hydrogen-bond donors (Lipinski definition) is 1. The summed E-state index contributed by atoms with van der Waals surface area (Å²) in [4.78, 5) is 21.8. The van der Waals surface area contributed by atoms with Crippen LogP contribution in [0.1, 0.15) is 12.8 Å². The van der Waals surface area contributed by atoms with Gasteiger partial charge in [0.25, 0.3) is 0 Å². The molecule has 1 fully saturated rings. The summed E-state index contributed by atoms with van der Waals surface area (Å²) in [6.07, 6.45) is 1.03. The number of likely N-dealkylation sites (tertiary alicyclic amines) is 1. The van der Waals surface area contributed by atoms with E-state index in [1.807, 2.05) is 4.90 Å². The Kier molecular flexibility index (Phi) is 3.88. The van der Waals surface area contributed by atoms with Crippen LogP contribution >= 0.6 is 0 Å². The fourth-order valence-electron chi connectivity index (χ4n) is 1.65. The number of carbonyl (C=O) groups excluding carboxylic acids is 1. The van der Waals surface area contributed by atoms with Gasteiger partial charge in [-0.15, -0.1) is 0 Å². The highest BCUT2D eigenvalue weighted by molar-refractivity contribution is 5.73. The molecule has 14 heavy (non-hydrogen) atoms. The molecule has 5 heteroatoms. The first-order valence-corrected chi connectivity index (χ1v) is 4.67. The van der Waals surface area contributed by atoms with Crippen molar-refractivity contribution >= 4 is 11.9 Å². The van der Waals surface area contributed by atoms with Crippen molar-refractivity contribution < 1.29 is 19.4 Å². The predicted molar refractivity (Wildman–Crippen MR) is 50.8 cm³/mol. The van der Waals surface area contributed by atoms with Crippen LogP contribution in [0.25, 0.3) is 0 Å². The minimum absolute atomic E-state index is 0.0548. The van der Waals surface area contributed by atoms with E-state index in [4.69, 9.17) is 9.90 Å². The third-order valence-electron chi connectivity index (χ3n) is 2.46. The van der Waals surface area contributed by atoms with Gasteiger partial charge in [-0.2, -0.15) is 0 Å². The van der Waals surface area contributed by atoms with Crippen molar-refractivity contribution in [3.63, 3.8) is 0 Å². The third kappa shape index (κ3) is 2.99. The van der Waals surface area contributed by atoms with E-state index in [0.717, 1.165) is 13.0 Å². The molecular weight excluding hydrogens is 186 g/mol. The Balaban J connectivity index is 2.27. The molecule has 0 bridgehead atoms. The van der Waals surface area contributed by atoms with Gasteiger partial charge in [0.1, 0.15) is 6.42 Å². The van der Waals surface area contributed by atoms with Gasteiger partial charge in [-0.25, -0.2) is 0 Å². The monoisotopic (exact) mass is 202 g/mol. The summed E-state index contributed by atoms with van der Waals surface area (Å²) in [7, 11) is 1.39. The number of aliphatic hydroxyl groups excluding tert-OH is 1. The first-order valence-electron chi connectivity index (χ1n) is 4.67. The summed E-state index contributed by atoms with van der Waals surface area (Å²) >= 11 is 0. The Morgan fingerprint density at radius 2 is 2.43 bits per heavy atom. The molecule has 0 aliphatic carbocycles. The zero-order chi connectivity index (χ0) is 10.6. The highest BCUT2D eigenvalue weighted by Gasteiger charge is 2.29. The molecule has 0 amide bonds. The Morgan fingerprint density at radius 1 is 1.71 bits per heavy atom. The van der Waals surface area contributed by atoms with Crippen LogP contribution in [-0.2, 0) is 9.53 Å². The molecule has 0 radical (unpaired) electrons. The molecule has 0 aromatic heterocycles. The fraction of sp³-hybridized carbons (Fsp3) is 0.778. The molecule has 80 valence electrons. The molecule has 1 saturated heterocycles. The minimum atomic E-state index is -0.550.